The summed E-state index contributed by atoms with van der Waals surface area (Å²) >= 11 is 0. The van der Waals surface area contributed by atoms with Crippen LogP contribution in [0.2, 0.25) is 0 Å². The molecule has 1 amide bonds. The Morgan fingerprint density at radius 1 is 1.11 bits per heavy atom. The quantitative estimate of drug-likeness (QED) is 0.908. The standard InChI is InChI=1S/C15H21NO3/c1-9(2)11(4)16(5)14(17)12-6-10(3)7-13(8-12)15(18)19/h6-9,11H,1-5H3,(H,18,19). The number of benzene rings is 1. The Bertz CT molecular complexity index is 494. The number of carbonyl (C=O) groups excluding carboxylic acids is 1. The van der Waals surface area contributed by atoms with Crippen LogP contribution in [0.4, 0.5) is 0 Å². The van der Waals surface area contributed by atoms with Crippen molar-refractivity contribution < 1.29 is 14.7 Å². The van der Waals surface area contributed by atoms with E-state index in [0.717, 1.165) is 5.56 Å². The molecule has 0 heterocycles. The summed E-state index contributed by atoms with van der Waals surface area (Å²) in [6.07, 6.45) is 0. The summed E-state index contributed by atoms with van der Waals surface area (Å²) in [6, 6.07) is 4.81. The van der Waals surface area contributed by atoms with E-state index < -0.39 is 5.97 Å². The van der Waals surface area contributed by atoms with E-state index in [1.54, 1.807) is 31.0 Å². The van der Waals surface area contributed by atoms with Crippen molar-refractivity contribution in [3.8, 4) is 0 Å². The molecule has 1 N–H and O–H groups in total. The summed E-state index contributed by atoms with van der Waals surface area (Å²) in [5.74, 6) is -0.817. The highest BCUT2D eigenvalue weighted by Crippen LogP contribution is 2.15. The lowest BCUT2D eigenvalue weighted by atomic mass is 10.0. The number of carboxylic acid groups (broad SMARTS) is 1. The molecule has 0 saturated carbocycles. The highest BCUT2D eigenvalue weighted by atomic mass is 16.4. The smallest absolute Gasteiger partial charge is 0.335 e. The largest absolute Gasteiger partial charge is 0.478 e. The first kappa shape index (κ1) is 15.2. The van der Waals surface area contributed by atoms with E-state index in [1.165, 1.54) is 6.07 Å². The van der Waals surface area contributed by atoms with Crippen LogP contribution in [0.25, 0.3) is 0 Å². The second-order valence-electron chi connectivity index (χ2n) is 5.29. The van der Waals surface area contributed by atoms with Crippen LogP contribution < -0.4 is 0 Å². The lowest BCUT2D eigenvalue weighted by Crippen LogP contribution is -2.38. The Morgan fingerprint density at radius 3 is 2.11 bits per heavy atom. The predicted molar refractivity (Wildman–Crippen MR) is 74.5 cm³/mol. The van der Waals surface area contributed by atoms with Gasteiger partial charge in [-0.1, -0.05) is 13.8 Å². The van der Waals surface area contributed by atoms with Crippen molar-refractivity contribution in [2.75, 3.05) is 7.05 Å². The average molecular weight is 263 g/mol. The van der Waals surface area contributed by atoms with Crippen molar-refractivity contribution >= 4 is 11.9 Å². The molecule has 0 saturated heterocycles. The number of carboxylic acids is 1. The third kappa shape index (κ3) is 3.56. The third-order valence-corrected chi connectivity index (χ3v) is 3.47. The first-order chi connectivity index (χ1) is 8.73. The van der Waals surface area contributed by atoms with Crippen molar-refractivity contribution in [1.29, 1.82) is 0 Å². The zero-order chi connectivity index (χ0) is 14.7. The molecule has 0 fully saturated rings. The number of hydrogen-bond donors (Lipinski definition) is 1. The molecule has 0 spiro atoms. The van der Waals surface area contributed by atoms with E-state index in [2.05, 4.69) is 0 Å². The fourth-order valence-electron chi connectivity index (χ4n) is 1.87. The van der Waals surface area contributed by atoms with Gasteiger partial charge in [-0.25, -0.2) is 4.79 Å². The van der Waals surface area contributed by atoms with Gasteiger partial charge in [0.1, 0.15) is 0 Å². The van der Waals surface area contributed by atoms with Crippen LogP contribution in [-0.2, 0) is 0 Å². The molecule has 104 valence electrons. The van der Waals surface area contributed by atoms with E-state index in [9.17, 15) is 9.59 Å². The zero-order valence-corrected chi connectivity index (χ0v) is 12.1. The lowest BCUT2D eigenvalue weighted by Gasteiger charge is -2.28. The molecule has 0 bridgehead atoms. The Balaban J connectivity index is 3.09. The second kappa shape index (κ2) is 5.87. The summed E-state index contributed by atoms with van der Waals surface area (Å²) in [6.45, 7) is 7.87. The monoisotopic (exact) mass is 263 g/mol. The van der Waals surface area contributed by atoms with E-state index in [-0.39, 0.29) is 17.5 Å². The molecule has 4 nitrogen and oxygen atoms in total. The molecular weight excluding hydrogens is 242 g/mol. The molecule has 4 heteroatoms. The minimum absolute atomic E-state index is 0.0984. The number of hydrogen-bond acceptors (Lipinski definition) is 2. The van der Waals surface area contributed by atoms with Crippen molar-refractivity contribution in [1.82, 2.24) is 4.90 Å². The van der Waals surface area contributed by atoms with Crippen LogP contribution in [0.1, 0.15) is 47.1 Å². The molecule has 19 heavy (non-hydrogen) atoms. The van der Waals surface area contributed by atoms with Gasteiger partial charge in [0.15, 0.2) is 0 Å². The predicted octanol–water partition coefficient (Wildman–Crippen LogP) is 2.81. The van der Waals surface area contributed by atoms with Gasteiger partial charge in [0.05, 0.1) is 5.56 Å². The fourth-order valence-corrected chi connectivity index (χ4v) is 1.87. The highest BCUT2D eigenvalue weighted by Gasteiger charge is 2.21. The Labute approximate surface area is 114 Å². The topological polar surface area (TPSA) is 57.6 Å². The van der Waals surface area contributed by atoms with Gasteiger partial charge in [0.25, 0.3) is 5.91 Å². The summed E-state index contributed by atoms with van der Waals surface area (Å²) in [5, 5.41) is 9.03. The van der Waals surface area contributed by atoms with E-state index in [4.69, 9.17) is 5.11 Å². The molecule has 0 aliphatic heterocycles. The summed E-state index contributed by atoms with van der Waals surface area (Å²) in [4.78, 5) is 25.0. The highest BCUT2D eigenvalue weighted by molar-refractivity contribution is 5.97. The van der Waals surface area contributed by atoms with Gasteiger partial charge < -0.3 is 10.0 Å². The minimum atomic E-state index is -1.02. The molecule has 1 atom stereocenters. The van der Waals surface area contributed by atoms with Crippen LogP contribution in [-0.4, -0.2) is 35.0 Å². The zero-order valence-electron chi connectivity index (χ0n) is 12.1. The number of amides is 1. The van der Waals surface area contributed by atoms with Gasteiger partial charge >= 0.3 is 5.97 Å². The number of carbonyl (C=O) groups is 2. The number of nitrogens with zero attached hydrogens (tertiary/aromatic N) is 1. The van der Waals surface area contributed by atoms with Gasteiger partial charge in [0, 0.05) is 18.7 Å². The fraction of sp³-hybridized carbons (Fsp3) is 0.467. The molecule has 0 radical (unpaired) electrons. The third-order valence-electron chi connectivity index (χ3n) is 3.47. The van der Waals surface area contributed by atoms with Crippen LogP contribution in [0, 0.1) is 12.8 Å². The first-order valence-electron chi connectivity index (χ1n) is 6.36. The summed E-state index contributed by atoms with van der Waals surface area (Å²) in [7, 11) is 1.75. The van der Waals surface area contributed by atoms with Crippen molar-refractivity contribution in [2.24, 2.45) is 5.92 Å². The second-order valence-corrected chi connectivity index (χ2v) is 5.29. The summed E-state index contributed by atoms with van der Waals surface area (Å²) < 4.78 is 0. The molecule has 1 rings (SSSR count). The maximum absolute atomic E-state index is 12.4. The molecule has 1 aromatic rings. The van der Waals surface area contributed by atoms with Gasteiger partial charge in [-0.2, -0.15) is 0 Å². The molecule has 1 aromatic carbocycles. The molecule has 0 aliphatic carbocycles. The summed E-state index contributed by atoms with van der Waals surface area (Å²) in [5.41, 5.74) is 1.34. The van der Waals surface area contributed by atoms with Crippen molar-refractivity contribution in [3.05, 3.63) is 34.9 Å². The number of aromatic carboxylic acids is 1. The molecular formula is C15H21NO3. The van der Waals surface area contributed by atoms with Gasteiger partial charge in [-0.3, -0.25) is 4.79 Å². The van der Waals surface area contributed by atoms with Crippen LogP contribution in [0.15, 0.2) is 18.2 Å². The van der Waals surface area contributed by atoms with Gasteiger partial charge in [0.2, 0.25) is 0 Å². The lowest BCUT2D eigenvalue weighted by molar-refractivity contribution is 0.0696. The molecule has 1 unspecified atom stereocenters. The van der Waals surface area contributed by atoms with Crippen molar-refractivity contribution in [3.63, 3.8) is 0 Å². The van der Waals surface area contributed by atoms with E-state index in [1.807, 2.05) is 20.8 Å². The van der Waals surface area contributed by atoms with E-state index in [0.29, 0.717) is 11.5 Å². The Hall–Kier alpha value is -1.84. The molecule has 0 aromatic heterocycles. The minimum Gasteiger partial charge on any atom is -0.478 e. The van der Waals surface area contributed by atoms with Gasteiger partial charge in [-0.15, -0.1) is 0 Å². The SMILES string of the molecule is Cc1cc(C(=O)O)cc(C(=O)N(C)C(C)C(C)C)c1. The number of aryl methyl sites for hydroxylation is 1. The van der Waals surface area contributed by atoms with Crippen LogP contribution in [0.5, 0.6) is 0 Å². The molecule has 0 aliphatic rings. The normalized spacial score (nSPS) is 12.3. The average Bonchev–Trinajstić information content (AvgIpc) is 2.35. The van der Waals surface area contributed by atoms with Crippen LogP contribution in [0.3, 0.4) is 0 Å². The Kier molecular flexibility index (Phi) is 4.70. The first-order valence-corrected chi connectivity index (χ1v) is 6.36. The number of rotatable bonds is 4. The maximum atomic E-state index is 12.4. The van der Waals surface area contributed by atoms with E-state index >= 15 is 0 Å². The van der Waals surface area contributed by atoms with Gasteiger partial charge in [-0.05, 0) is 43.5 Å². The maximum Gasteiger partial charge on any atom is 0.335 e. The van der Waals surface area contributed by atoms with Crippen LogP contribution >= 0.6 is 0 Å². The van der Waals surface area contributed by atoms with Crippen molar-refractivity contribution in [2.45, 2.75) is 33.7 Å². The Morgan fingerprint density at radius 2 is 1.63 bits per heavy atom.